The van der Waals surface area contributed by atoms with Crippen molar-refractivity contribution in [1.82, 2.24) is 20.8 Å². The normalized spacial score (nSPS) is 11.8. The molecule has 8 heteroatoms. The number of nitrogens with zero attached hydrogens (tertiary/aromatic N) is 1. The number of hydrogen-bond donors (Lipinski definition) is 4. The van der Waals surface area contributed by atoms with Crippen molar-refractivity contribution < 1.29 is 14.7 Å². The second-order valence-corrected chi connectivity index (χ2v) is 4.59. The van der Waals surface area contributed by atoms with Crippen LogP contribution in [-0.2, 0) is 11.3 Å². The van der Waals surface area contributed by atoms with Crippen LogP contribution in [0.5, 0.6) is 0 Å². The van der Waals surface area contributed by atoms with Gasteiger partial charge in [-0.2, -0.15) is 16.9 Å². The van der Waals surface area contributed by atoms with Crippen molar-refractivity contribution >= 4 is 23.8 Å². The fourth-order valence-corrected chi connectivity index (χ4v) is 1.73. The molecule has 2 amide bonds. The van der Waals surface area contributed by atoms with Crippen LogP contribution in [-0.4, -0.2) is 45.4 Å². The van der Waals surface area contributed by atoms with E-state index in [0.717, 1.165) is 5.56 Å². The van der Waals surface area contributed by atoms with Gasteiger partial charge < -0.3 is 15.7 Å². The van der Waals surface area contributed by atoms with Crippen LogP contribution in [0.15, 0.2) is 12.4 Å². The average Bonchev–Trinajstić information content (AvgIpc) is 2.84. The van der Waals surface area contributed by atoms with Crippen LogP contribution in [0, 0.1) is 0 Å². The third kappa shape index (κ3) is 5.09. The maximum absolute atomic E-state index is 11.5. The monoisotopic (exact) mass is 272 g/mol. The molecular weight excluding hydrogens is 256 g/mol. The molecule has 18 heavy (non-hydrogen) atoms. The molecule has 0 bridgehead atoms. The number of urea groups is 1. The molecule has 1 atom stereocenters. The van der Waals surface area contributed by atoms with Gasteiger partial charge in [0.1, 0.15) is 6.04 Å². The highest BCUT2D eigenvalue weighted by Crippen LogP contribution is 2.01. The highest BCUT2D eigenvalue weighted by molar-refractivity contribution is 7.98. The number of aromatic amines is 1. The summed E-state index contributed by atoms with van der Waals surface area (Å²) in [4.78, 5) is 22.4. The van der Waals surface area contributed by atoms with Gasteiger partial charge >= 0.3 is 12.0 Å². The molecule has 1 aromatic rings. The predicted molar refractivity (Wildman–Crippen MR) is 68.4 cm³/mol. The first-order valence-corrected chi connectivity index (χ1v) is 6.76. The molecule has 4 N–H and O–H groups in total. The molecule has 0 radical (unpaired) electrons. The largest absolute Gasteiger partial charge is 0.480 e. The molecule has 100 valence electrons. The zero-order valence-corrected chi connectivity index (χ0v) is 10.8. The second-order valence-electron chi connectivity index (χ2n) is 3.61. The molecule has 1 unspecified atom stereocenters. The molecule has 0 aliphatic rings. The summed E-state index contributed by atoms with van der Waals surface area (Å²) < 4.78 is 0. The molecule has 7 nitrogen and oxygen atoms in total. The standard InChI is InChI=1S/C10H16N4O3S/c1-18-3-2-8(9(15)16)14-10(17)11-4-7-5-12-13-6-7/h5-6,8H,2-4H2,1H3,(H,12,13)(H,15,16)(H2,11,14,17). The maximum atomic E-state index is 11.5. The van der Waals surface area contributed by atoms with Crippen molar-refractivity contribution in [2.75, 3.05) is 12.0 Å². The number of rotatable bonds is 7. The van der Waals surface area contributed by atoms with Crippen molar-refractivity contribution in [2.45, 2.75) is 19.0 Å². The zero-order chi connectivity index (χ0) is 13.4. The minimum Gasteiger partial charge on any atom is -0.480 e. The highest BCUT2D eigenvalue weighted by Gasteiger charge is 2.18. The number of carbonyl (C=O) groups is 2. The molecule has 0 saturated heterocycles. The van der Waals surface area contributed by atoms with E-state index in [0.29, 0.717) is 18.7 Å². The van der Waals surface area contributed by atoms with Gasteiger partial charge in [0.25, 0.3) is 0 Å². The predicted octanol–water partition coefficient (Wildman–Crippen LogP) is 0.415. The zero-order valence-electron chi connectivity index (χ0n) is 9.97. The summed E-state index contributed by atoms with van der Waals surface area (Å²) in [6.45, 7) is 0.303. The summed E-state index contributed by atoms with van der Waals surface area (Å²) in [6.07, 6.45) is 5.53. The lowest BCUT2D eigenvalue weighted by molar-refractivity contribution is -0.139. The first-order valence-electron chi connectivity index (χ1n) is 5.37. The Morgan fingerprint density at radius 2 is 2.39 bits per heavy atom. The molecule has 1 rings (SSSR count). The molecule has 0 aromatic carbocycles. The van der Waals surface area contributed by atoms with Gasteiger partial charge in [0.05, 0.1) is 6.20 Å². The van der Waals surface area contributed by atoms with Gasteiger partial charge in [-0.3, -0.25) is 5.10 Å². The highest BCUT2D eigenvalue weighted by atomic mass is 32.2. The number of nitrogens with one attached hydrogen (secondary N) is 3. The minimum absolute atomic E-state index is 0.303. The molecule has 1 heterocycles. The SMILES string of the molecule is CSCCC(NC(=O)NCc1cn[nH]c1)C(=O)O. The summed E-state index contributed by atoms with van der Waals surface area (Å²) in [7, 11) is 0. The van der Waals surface area contributed by atoms with Gasteiger partial charge in [-0.05, 0) is 18.4 Å². The van der Waals surface area contributed by atoms with Crippen LogP contribution in [0.2, 0.25) is 0 Å². The maximum Gasteiger partial charge on any atom is 0.326 e. The van der Waals surface area contributed by atoms with Crippen molar-refractivity contribution in [1.29, 1.82) is 0 Å². The number of carbonyl (C=O) groups excluding carboxylic acids is 1. The van der Waals surface area contributed by atoms with E-state index in [1.807, 2.05) is 6.26 Å². The van der Waals surface area contributed by atoms with Gasteiger partial charge in [-0.15, -0.1) is 0 Å². The summed E-state index contributed by atoms with van der Waals surface area (Å²) in [5.74, 6) is -0.346. The van der Waals surface area contributed by atoms with Crippen molar-refractivity contribution in [3.63, 3.8) is 0 Å². The smallest absolute Gasteiger partial charge is 0.326 e. The van der Waals surface area contributed by atoms with Crippen LogP contribution < -0.4 is 10.6 Å². The first kappa shape index (κ1) is 14.4. The van der Waals surface area contributed by atoms with Gasteiger partial charge in [0.15, 0.2) is 0 Å². The van der Waals surface area contributed by atoms with Crippen LogP contribution in [0.1, 0.15) is 12.0 Å². The van der Waals surface area contributed by atoms with Crippen molar-refractivity contribution in [2.24, 2.45) is 0 Å². The van der Waals surface area contributed by atoms with E-state index in [1.165, 1.54) is 11.8 Å². The van der Waals surface area contributed by atoms with Crippen LogP contribution in [0.25, 0.3) is 0 Å². The third-order valence-electron chi connectivity index (χ3n) is 2.22. The lowest BCUT2D eigenvalue weighted by Gasteiger charge is -2.14. The molecule has 0 fully saturated rings. The molecule has 1 aromatic heterocycles. The molecule has 0 saturated carbocycles. The fraction of sp³-hybridized carbons (Fsp3) is 0.500. The van der Waals surface area contributed by atoms with Gasteiger partial charge in [0, 0.05) is 18.3 Å². The van der Waals surface area contributed by atoms with Gasteiger partial charge in [0.2, 0.25) is 0 Å². The van der Waals surface area contributed by atoms with E-state index in [1.54, 1.807) is 12.4 Å². The number of aromatic nitrogens is 2. The minimum atomic E-state index is -1.03. The topological polar surface area (TPSA) is 107 Å². The number of amides is 2. The molecular formula is C10H16N4O3S. The second kappa shape index (κ2) is 7.59. The number of aliphatic carboxylic acids is 1. The van der Waals surface area contributed by atoms with E-state index in [2.05, 4.69) is 20.8 Å². The Morgan fingerprint density at radius 3 is 2.94 bits per heavy atom. The Morgan fingerprint density at radius 1 is 1.61 bits per heavy atom. The van der Waals surface area contributed by atoms with Crippen LogP contribution in [0.3, 0.4) is 0 Å². The summed E-state index contributed by atoms with van der Waals surface area (Å²) >= 11 is 1.54. The van der Waals surface area contributed by atoms with E-state index in [4.69, 9.17) is 5.11 Å². The lowest BCUT2D eigenvalue weighted by Crippen LogP contribution is -2.46. The quantitative estimate of drug-likeness (QED) is 0.575. The van der Waals surface area contributed by atoms with E-state index in [-0.39, 0.29) is 0 Å². The summed E-state index contributed by atoms with van der Waals surface area (Å²) in [5, 5.41) is 20.3. The van der Waals surface area contributed by atoms with Crippen LogP contribution in [0.4, 0.5) is 4.79 Å². The Balaban J connectivity index is 2.34. The van der Waals surface area contributed by atoms with E-state index < -0.39 is 18.0 Å². The van der Waals surface area contributed by atoms with Crippen molar-refractivity contribution in [3.8, 4) is 0 Å². The Kier molecular flexibility index (Phi) is 6.06. The average molecular weight is 272 g/mol. The first-order chi connectivity index (χ1) is 8.63. The van der Waals surface area contributed by atoms with Crippen LogP contribution >= 0.6 is 11.8 Å². The molecule has 0 aliphatic heterocycles. The summed E-state index contributed by atoms with van der Waals surface area (Å²) in [6, 6.07) is -1.36. The van der Waals surface area contributed by atoms with Gasteiger partial charge in [-0.1, -0.05) is 0 Å². The number of carboxylic acid groups (broad SMARTS) is 1. The van der Waals surface area contributed by atoms with E-state index in [9.17, 15) is 9.59 Å². The Labute approximate surface area is 109 Å². The fourth-order valence-electron chi connectivity index (χ4n) is 1.26. The summed E-state index contributed by atoms with van der Waals surface area (Å²) in [5.41, 5.74) is 0.820. The number of hydrogen-bond acceptors (Lipinski definition) is 4. The molecule has 0 aliphatic carbocycles. The van der Waals surface area contributed by atoms with E-state index >= 15 is 0 Å². The van der Waals surface area contributed by atoms with Crippen molar-refractivity contribution in [3.05, 3.63) is 18.0 Å². The van der Waals surface area contributed by atoms with Gasteiger partial charge in [-0.25, -0.2) is 9.59 Å². The lowest BCUT2D eigenvalue weighted by atomic mass is 10.2. The Hall–Kier alpha value is -1.70. The number of carboxylic acids is 1. The molecule has 0 spiro atoms. The Bertz CT molecular complexity index is 382. The third-order valence-corrected chi connectivity index (χ3v) is 2.87. The number of H-pyrrole nitrogens is 1. The number of thioether (sulfide) groups is 1.